The first-order chi connectivity index (χ1) is 8.99. The van der Waals surface area contributed by atoms with Crippen molar-refractivity contribution in [2.45, 2.75) is 26.3 Å². The van der Waals surface area contributed by atoms with Gasteiger partial charge in [0.2, 0.25) is 11.8 Å². The molecule has 1 unspecified atom stereocenters. The van der Waals surface area contributed by atoms with Gasteiger partial charge in [0.05, 0.1) is 12.1 Å². The van der Waals surface area contributed by atoms with Crippen molar-refractivity contribution in [1.82, 2.24) is 10.9 Å². The first-order valence-electron chi connectivity index (χ1n) is 5.94. The normalized spacial score (nSPS) is 18.8. The van der Waals surface area contributed by atoms with E-state index < -0.39 is 6.04 Å². The van der Waals surface area contributed by atoms with Crippen LogP contribution >= 0.6 is 0 Å². The highest BCUT2D eigenvalue weighted by atomic mass is 16.2. The minimum atomic E-state index is -0.710. The van der Waals surface area contributed by atoms with Gasteiger partial charge in [-0.15, -0.1) is 0 Å². The molecule has 1 aliphatic rings. The Balaban J connectivity index is 2.14. The van der Waals surface area contributed by atoms with Crippen LogP contribution in [0.2, 0.25) is 0 Å². The maximum Gasteiger partial charge on any atom is 0.253 e. The van der Waals surface area contributed by atoms with Crippen LogP contribution in [0.3, 0.4) is 0 Å². The van der Waals surface area contributed by atoms with Gasteiger partial charge in [-0.1, -0.05) is 17.7 Å². The summed E-state index contributed by atoms with van der Waals surface area (Å²) in [5, 5.41) is 0. The molecule has 1 heterocycles. The predicted octanol–water partition coefficient (Wildman–Crippen LogP) is 0.268. The maximum atomic E-state index is 12.1. The van der Waals surface area contributed by atoms with Crippen molar-refractivity contribution in [2.24, 2.45) is 0 Å². The third-order valence-corrected chi connectivity index (χ3v) is 2.86. The van der Waals surface area contributed by atoms with Gasteiger partial charge in [-0.3, -0.25) is 19.8 Å². The third-order valence-electron chi connectivity index (χ3n) is 2.86. The summed E-state index contributed by atoms with van der Waals surface area (Å²) in [6.07, 6.45) is 0.0347. The van der Waals surface area contributed by atoms with E-state index in [2.05, 4.69) is 10.9 Å². The van der Waals surface area contributed by atoms with Crippen molar-refractivity contribution in [2.75, 3.05) is 4.90 Å². The van der Waals surface area contributed by atoms with Crippen LogP contribution < -0.4 is 15.8 Å². The zero-order valence-corrected chi connectivity index (χ0v) is 10.8. The van der Waals surface area contributed by atoms with E-state index in [1.165, 1.54) is 6.92 Å². The Bertz CT molecular complexity index is 524. The molecule has 1 atom stereocenters. The van der Waals surface area contributed by atoms with Crippen LogP contribution in [0.1, 0.15) is 18.9 Å². The Morgan fingerprint density at radius 3 is 2.47 bits per heavy atom. The van der Waals surface area contributed by atoms with E-state index in [1.54, 1.807) is 12.1 Å². The van der Waals surface area contributed by atoms with E-state index in [0.717, 1.165) is 10.5 Å². The van der Waals surface area contributed by atoms with Gasteiger partial charge in [0.1, 0.15) is 6.04 Å². The molecule has 0 aromatic heterocycles. The second-order valence-electron chi connectivity index (χ2n) is 4.49. The first-order valence-corrected chi connectivity index (χ1v) is 5.94. The second-order valence-corrected chi connectivity index (χ2v) is 4.49. The average molecular weight is 261 g/mol. The number of amides is 3. The van der Waals surface area contributed by atoms with Crippen molar-refractivity contribution >= 4 is 23.4 Å². The summed E-state index contributed by atoms with van der Waals surface area (Å²) in [6.45, 7) is 3.25. The van der Waals surface area contributed by atoms with Crippen molar-refractivity contribution < 1.29 is 14.4 Å². The van der Waals surface area contributed by atoms with Crippen LogP contribution in [0, 0.1) is 6.92 Å². The van der Waals surface area contributed by atoms with Crippen molar-refractivity contribution in [3.63, 3.8) is 0 Å². The third kappa shape index (κ3) is 2.79. The lowest BCUT2D eigenvalue weighted by atomic mass is 10.2. The molecular formula is C13H15N3O3. The second kappa shape index (κ2) is 5.19. The monoisotopic (exact) mass is 261 g/mol. The molecule has 0 aliphatic carbocycles. The molecule has 1 aromatic carbocycles. The molecule has 0 saturated carbocycles. The Hall–Kier alpha value is -2.21. The van der Waals surface area contributed by atoms with Crippen LogP contribution in [0.4, 0.5) is 5.69 Å². The Kier molecular flexibility index (Phi) is 3.62. The summed E-state index contributed by atoms with van der Waals surface area (Å²) in [5.41, 5.74) is 6.49. The van der Waals surface area contributed by atoms with Gasteiger partial charge in [-0.25, -0.2) is 10.3 Å². The lowest BCUT2D eigenvalue weighted by Gasteiger charge is -2.15. The molecule has 100 valence electrons. The van der Waals surface area contributed by atoms with Crippen LogP contribution in [-0.2, 0) is 14.4 Å². The molecule has 1 aliphatic heterocycles. The van der Waals surface area contributed by atoms with Gasteiger partial charge in [-0.05, 0) is 19.1 Å². The van der Waals surface area contributed by atoms with Crippen LogP contribution in [0.5, 0.6) is 0 Å². The highest BCUT2D eigenvalue weighted by molar-refractivity contribution is 6.22. The average Bonchev–Trinajstić information content (AvgIpc) is 2.63. The van der Waals surface area contributed by atoms with Gasteiger partial charge in [0.15, 0.2) is 0 Å². The molecule has 0 bridgehead atoms. The summed E-state index contributed by atoms with van der Waals surface area (Å²) in [4.78, 5) is 35.9. The Morgan fingerprint density at radius 2 is 1.89 bits per heavy atom. The van der Waals surface area contributed by atoms with Gasteiger partial charge in [0.25, 0.3) is 5.91 Å². The van der Waals surface area contributed by atoms with E-state index in [1.807, 2.05) is 19.1 Å². The van der Waals surface area contributed by atoms with Crippen molar-refractivity contribution in [3.05, 3.63) is 29.8 Å². The molecular weight excluding hydrogens is 246 g/mol. The summed E-state index contributed by atoms with van der Waals surface area (Å²) in [5.74, 6) is -0.951. The topological polar surface area (TPSA) is 78.5 Å². The minimum absolute atomic E-state index is 0.0347. The highest BCUT2D eigenvalue weighted by Gasteiger charge is 2.39. The number of carbonyl (C=O) groups excluding carboxylic acids is 3. The van der Waals surface area contributed by atoms with Crippen molar-refractivity contribution in [1.29, 1.82) is 0 Å². The smallest absolute Gasteiger partial charge is 0.253 e. The van der Waals surface area contributed by atoms with Gasteiger partial charge >= 0.3 is 0 Å². The summed E-state index contributed by atoms with van der Waals surface area (Å²) >= 11 is 0. The zero-order valence-electron chi connectivity index (χ0n) is 10.8. The molecule has 19 heavy (non-hydrogen) atoms. The molecule has 1 fully saturated rings. The molecule has 3 amide bonds. The van der Waals surface area contributed by atoms with Crippen LogP contribution in [0.25, 0.3) is 0 Å². The Labute approximate surface area is 110 Å². The van der Waals surface area contributed by atoms with Crippen LogP contribution in [-0.4, -0.2) is 23.8 Å². The summed E-state index contributed by atoms with van der Waals surface area (Å²) < 4.78 is 0. The molecule has 0 radical (unpaired) electrons. The lowest BCUT2D eigenvalue weighted by Crippen LogP contribution is -2.47. The van der Waals surface area contributed by atoms with Crippen LogP contribution in [0.15, 0.2) is 24.3 Å². The van der Waals surface area contributed by atoms with Gasteiger partial charge in [0, 0.05) is 6.92 Å². The standard InChI is InChI=1S/C13H15N3O3/c1-8-3-5-10(6-4-8)16-12(18)7-11(13(16)19)15-14-9(2)17/h3-6,11,15H,7H2,1-2H3,(H,14,17). The number of benzene rings is 1. The quantitative estimate of drug-likeness (QED) is 0.604. The fourth-order valence-corrected chi connectivity index (χ4v) is 1.90. The molecule has 1 aromatic rings. The Morgan fingerprint density at radius 1 is 1.26 bits per heavy atom. The minimum Gasteiger partial charge on any atom is -0.291 e. The SMILES string of the molecule is CC(=O)NNC1CC(=O)N(c2ccc(C)cc2)C1=O. The number of anilines is 1. The van der Waals surface area contributed by atoms with E-state index in [4.69, 9.17) is 0 Å². The number of hydrazine groups is 1. The van der Waals surface area contributed by atoms with Gasteiger partial charge < -0.3 is 0 Å². The fourth-order valence-electron chi connectivity index (χ4n) is 1.90. The predicted molar refractivity (Wildman–Crippen MR) is 69.0 cm³/mol. The van der Waals surface area contributed by atoms with Gasteiger partial charge in [-0.2, -0.15) is 0 Å². The van der Waals surface area contributed by atoms with E-state index in [0.29, 0.717) is 5.69 Å². The van der Waals surface area contributed by atoms with E-state index in [9.17, 15) is 14.4 Å². The number of hydrogen-bond donors (Lipinski definition) is 2. The molecule has 2 N–H and O–H groups in total. The molecule has 0 spiro atoms. The van der Waals surface area contributed by atoms with Crippen molar-refractivity contribution in [3.8, 4) is 0 Å². The molecule has 1 saturated heterocycles. The number of nitrogens with zero attached hydrogens (tertiary/aromatic N) is 1. The highest BCUT2D eigenvalue weighted by Crippen LogP contribution is 2.22. The molecule has 6 heteroatoms. The summed E-state index contributed by atoms with van der Waals surface area (Å²) in [7, 11) is 0. The van der Waals surface area contributed by atoms with E-state index >= 15 is 0 Å². The maximum absolute atomic E-state index is 12.1. The number of carbonyl (C=O) groups is 3. The number of imide groups is 1. The largest absolute Gasteiger partial charge is 0.291 e. The summed E-state index contributed by atoms with van der Waals surface area (Å²) in [6, 6.07) is 6.42. The zero-order chi connectivity index (χ0) is 14.0. The van der Waals surface area contributed by atoms with E-state index in [-0.39, 0.29) is 24.1 Å². The number of hydrogen-bond acceptors (Lipinski definition) is 4. The number of nitrogens with one attached hydrogen (secondary N) is 2. The first kappa shape index (κ1) is 13.2. The lowest BCUT2D eigenvalue weighted by molar-refractivity contribution is -0.122. The molecule has 2 rings (SSSR count). The molecule has 6 nitrogen and oxygen atoms in total. The number of aryl methyl sites for hydroxylation is 1. The fraction of sp³-hybridized carbons (Fsp3) is 0.308. The number of rotatable bonds is 3.